The molecule has 0 saturated heterocycles. The normalized spacial score (nSPS) is 22.2. The number of carbonyl (C=O) groups is 1. The Hall–Kier alpha value is -2.05. The van der Waals surface area contributed by atoms with E-state index in [0.29, 0.717) is 12.1 Å². The van der Waals surface area contributed by atoms with Crippen molar-refractivity contribution in [1.29, 1.82) is 0 Å². The highest BCUT2D eigenvalue weighted by Crippen LogP contribution is 2.49. The number of benzene rings is 1. The van der Waals surface area contributed by atoms with Crippen molar-refractivity contribution >= 4 is 11.7 Å². The molecular weight excluding hydrogens is 236 g/mol. The minimum absolute atomic E-state index is 0.111. The monoisotopic (exact) mass is 243 g/mol. The zero-order valence-corrected chi connectivity index (χ0v) is 8.39. The van der Waals surface area contributed by atoms with Crippen LogP contribution in [0, 0.1) is 27.7 Å². The number of hydrogen-bond acceptors (Lipinski definition) is 3. The van der Waals surface area contributed by atoms with Gasteiger partial charge in [0.05, 0.1) is 16.9 Å². The second-order valence-corrected chi connectivity index (χ2v) is 3.87. The minimum atomic E-state index is -1.15. The molecule has 0 heterocycles. The first-order chi connectivity index (χ1) is 7.91. The van der Waals surface area contributed by atoms with Crippen molar-refractivity contribution in [2.24, 2.45) is 5.92 Å². The van der Waals surface area contributed by atoms with Gasteiger partial charge in [-0.2, -0.15) is 4.39 Å². The third-order valence-electron chi connectivity index (χ3n) is 2.77. The van der Waals surface area contributed by atoms with Crippen LogP contribution in [0.2, 0.25) is 0 Å². The molecule has 90 valence electrons. The average molecular weight is 243 g/mol. The average Bonchev–Trinajstić information content (AvgIpc) is 3.00. The number of nitro benzene ring substituents is 1. The fraction of sp³-hybridized carbons (Fsp3) is 0.300. The Labute approximate surface area is 93.8 Å². The molecule has 1 aromatic carbocycles. The van der Waals surface area contributed by atoms with Crippen LogP contribution in [-0.4, -0.2) is 16.0 Å². The molecule has 0 aliphatic heterocycles. The summed E-state index contributed by atoms with van der Waals surface area (Å²) in [4.78, 5) is 19.9. The highest BCUT2D eigenvalue weighted by Gasteiger charge is 2.46. The Kier molecular flexibility index (Phi) is 2.53. The Morgan fingerprint density at radius 1 is 1.41 bits per heavy atom. The molecule has 1 aliphatic carbocycles. The van der Waals surface area contributed by atoms with Gasteiger partial charge in [0.1, 0.15) is 5.82 Å². The summed E-state index contributed by atoms with van der Waals surface area (Å²) < 4.78 is 26.7. The Morgan fingerprint density at radius 2 is 2.06 bits per heavy atom. The van der Waals surface area contributed by atoms with E-state index in [2.05, 4.69) is 0 Å². The predicted molar refractivity (Wildman–Crippen MR) is 51.5 cm³/mol. The van der Waals surface area contributed by atoms with E-state index in [4.69, 9.17) is 5.11 Å². The highest BCUT2D eigenvalue weighted by atomic mass is 19.1. The molecule has 1 fully saturated rings. The molecule has 7 heteroatoms. The fourth-order valence-electron chi connectivity index (χ4n) is 1.79. The molecule has 5 nitrogen and oxygen atoms in total. The number of aliphatic carboxylic acids is 1. The molecule has 0 aromatic heterocycles. The van der Waals surface area contributed by atoms with Crippen molar-refractivity contribution in [3.8, 4) is 0 Å². The van der Waals surface area contributed by atoms with Crippen molar-refractivity contribution in [1.82, 2.24) is 0 Å². The first kappa shape index (κ1) is 11.4. The number of nitro groups is 1. The number of carboxylic acids is 1. The summed E-state index contributed by atoms with van der Waals surface area (Å²) in [5, 5.41) is 19.0. The zero-order valence-electron chi connectivity index (χ0n) is 8.39. The molecule has 0 radical (unpaired) electrons. The van der Waals surface area contributed by atoms with Gasteiger partial charge in [-0.05, 0) is 18.1 Å². The zero-order chi connectivity index (χ0) is 12.7. The molecule has 0 bridgehead atoms. The summed E-state index contributed by atoms with van der Waals surface area (Å²) >= 11 is 0. The van der Waals surface area contributed by atoms with E-state index in [1.165, 1.54) is 0 Å². The molecule has 17 heavy (non-hydrogen) atoms. The number of rotatable bonds is 3. The molecule has 1 aromatic rings. The van der Waals surface area contributed by atoms with Crippen LogP contribution in [0.15, 0.2) is 12.1 Å². The van der Waals surface area contributed by atoms with E-state index in [9.17, 15) is 23.7 Å². The predicted octanol–water partition coefficient (Wildman–Crippen LogP) is 2.06. The molecule has 1 N–H and O–H groups in total. The lowest BCUT2D eigenvalue weighted by Gasteiger charge is -2.02. The first-order valence-electron chi connectivity index (χ1n) is 4.78. The van der Waals surface area contributed by atoms with Crippen LogP contribution in [0.5, 0.6) is 0 Å². The van der Waals surface area contributed by atoms with Crippen LogP contribution in [0.3, 0.4) is 0 Å². The van der Waals surface area contributed by atoms with Gasteiger partial charge < -0.3 is 5.11 Å². The molecular formula is C10H7F2NO4. The lowest BCUT2D eigenvalue weighted by atomic mass is 10.1. The third kappa shape index (κ3) is 1.95. The Morgan fingerprint density at radius 3 is 2.53 bits per heavy atom. The number of halogens is 2. The van der Waals surface area contributed by atoms with E-state index >= 15 is 0 Å². The van der Waals surface area contributed by atoms with Gasteiger partial charge in [0.2, 0.25) is 5.82 Å². The summed E-state index contributed by atoms with van der Waals surface area (Å²) in [5.74, 6) is -4.49. The van der Waals surface area contributed by atoms with Gasteiger partial charge in [0, 0.05) is 5.92 Å². The molecule has 2 unspecified atom stereocenters. The van der Waals surface area contributed by atoms with Gasteiger partial charge in [0.25, 0.3) is 0 Å². The highest BCUT2D eigenvalue weighted by molar-refractivity contribution is 5.75. The van der Waals surface area contributed by atoms with E-state index in [1.807, 2.05) is 0 Å². The lowest BCUT2D eigenvalue weighted by Crippen LogP contribution is -2.02. The van der Waals surface area contributed by atoms with Crippen LogP contribution in [0.25, 0.3) is 0 Å². The minimum Gasteiger partial charge on any atom is -0.481 e. The Bertz CT molecular complexity index is 517. The van der Waals surface area contributed by atoms with Crippen molar-refractivity contribution in [2.75, 3.05) is 0 Å². The summed E-state index contributed by atoms with van der Waals surface area (Å²) in [5.41, 5.74) is -1.06. The van der Waals surface area contributed by atoms with Crippen LogP contribution in [0.4, 0.5) is 14.5 Å². The third-order valence-corrected chi connectivity index (χ3v) is 2.77. The summed E-state index contributed by atoms with van der Waals surface area (Å²) in [6.07, 6.45) is 0.226. The van der Waals surface area contributed by atoms with Crippen LogP contribution in [-0.2, 0) is 4.79 Å². The van der Waals surface area contributed by atoms with Gasteiger partial charge in [-0.15, -0.1) is 0 Å². The van der Waals surface area contributed by atoms with Crippen molar-refractivity contribution in [3.63, 3.8) is 0 Å². The van der Waals surface area contributed by atoms with Gasteiger partial charge in [0.15, 0.2) is 0 Å². The Balaban J connectivity index is 2.35. The molecule has 0 amide bonds. The van der Waals surface area contributed by atoms with Gasteiger partial charge in [-0.1, -0.05) is 0 Å². The van der Waals surface area contributed by atoms with Gasteiger partial charge in [-0.25, -0.2) is 4.39 Å². The first-order valence-corrected chi connectivity index (χ1v) is 4.78. The van der Waals surface area contributed by atoms with Gasteiger partial charge in [-0.3, -0.25) is 14.9 Å². The SMILES string of the molecule is O=C(O)C1CC1c1cc(F)c([N+](=O)[O-])cc1F. The lowest BCUT2D eigenvalue weighted by molar-refractivity contribution is -0.387. The van der Waals surface area contributed by atoms with E-state index in [0.717, 1.165) is 0 Å². The molecule has 2 atom stereocenters. The van der Waals surface area contributed by atoms with Gasteiger partial charge >= 0.3 is 11.7 Å². The number of nitrogens with zero attached hydrogens (tertiary/aromatic N) is 1. The number of hydrogen-bond donors (Lipinski definition) is 1. The second kappa shape index (κ2) is 3.76. The van der Waals surface area contributed by atoms with E-state index in [1.54, 1.807) is 0 Å². The van der Waals surface area contributed by atoms with E-state index in [-0.39, 0.29) is 12.0 Å². The van der Waals surface area contributed by atoms with Crippen LogP contribution < -0.4 is 0 Å². The van der Waals surface area contributed by atoms with E-state index < -0.39 is 40.1 Å². The molecule has 0 spiro atoms. The quantitative estimate of drug-likeness (QED) is 0.650. The van der Waals surface area contributed by atoms with Crippen molar-refractivity contribution < 1.29 is 23.6 Å². The number of carboxylic acid groups (broad SMARTS) is 1. The molecule has 2 rings (SSSR count). The maximum atomic E-state index is 13.5. The van der Waals surface area contributed by atoms with Crippen LogP contribution in [0.1, 0.15) is 17.9 Å². The topological polar surface area (TPSA) is 80.4 Å². The van der Waals surface area contributed by atoms with Crippen LogP contribution >= 0.6 is 0 Å². The second-order valence-electron chi connectivity index (χ2n) is 3.87. The maximum absolute atomic E-state index is 13.5. The molecule has 1 saturated carbocycles. The summed E-state index contributed by atoms with van der Waals surface area (Å²) in [7, 11) is 0. The van der Waals surface area contributed by atoms with Crippen molar-refractivity contribution in [2.45, 2.75) is 12.3 Å². The maximum Gasteiger partial charge on any atom is 0.307 e. The molecule has 1 aliphatic rings. The largest absolute Gasteiger partial charge is 0.481 e. The summed E-state index contributed by atoms with van der Waals surface area (Å²) in [6.45, 7) is 0. The standard InChI is InChI=1S/C10H7F2NO4/c11-7-3-9(13(16)17)8(12)2-5(7)4-1-6(4)10(14)15/h2-4,6H,1H2,(H,14,15). The van der Waals surface area contributed by atoms with Crippen molar-refractivity contribution in [3.05, 3.63) is 39.4 Å². The smallest absolute Gasteiger partial charge is 0.307 e. The summed E-state index contributed by atoms with van der Waals surface area (Å²) in [6, 6.07) is 1.20. The fourth-order valence-corrected chi connectivity index (χ4v) is 1.79.